The van der Waals surface area contributed by atoms with Crippen LogP contribution in [0.2, 0.25) is 0 Å². The van der Waals surface area contributed by atoms with Crippen molar-refractivity contribution in [2.75, 3.05) is 31.3 Å². The third-order valence-electron chi connectivity index (χ3n) is 3.75. The van der Waals surface area contributed by atoms with E-state index < -0.39 is 0 Å². The quantitative estimate of drug-likeness (QED) is 0.590. The molecule has 2 fully saturated rings. The van der Waals surface area contributed by atoms with Gasteiger partial charge in [-0.3, -0.25) is 0 Å². The molecule has 2 aliphatic carbocycles. The van der Waals surface area contributed by atoms with Gasteiger partial charge in [-0.1, -0.05) is 23.1 Å². The number of hydrogen-bond acceptors (Lipinski definition) is 6. The SMILES string of the molecule is CN(C)c1nnc(SCCNC(C2CC2)C2CC2)s1. The summed E-state index contributed by atoms with van der Waals surface area (Å²) in [6.07, 6.45) is 5.79. The standard InChI is InChI=1S/C13H22N4S2/c1-17(2)12-15-16-13(19-12)18-8-7-14-11(9-3-4-9)10-5-6-10/h9-11,14H,3-8H2,1-2H3. The molecule has 0 bridgehead atoms. The number of rotatable bonds is 8. The molecule has 3 rings (SSSR count). The van der Waals surface area contributed by atoms with Crippen LogP contribution in [0.5, 0.6) is 0 Å². The number of hydrogen-bond donors (Lipinski definition) is 1. The predicted octanol–water partition coefficient (Wildman–Crippen LogP) is 2.47. The van der Waals surface area contributed by atoms with Crippen molar-refractivity contribution >= 4 is 28.2 Å². The van der Waals surface area contributed by atoms with Crippen LogP contribution in [0.25, 0.3) is 0 Å². The number of aromatic nitrogens is 2. The van der Waals surface area contributed by atoms with Crippen LogP contribution in [0.1, 0.15) is 25.7 Å². The molecule has 0 unspecified atom stereocenters. The Morgan fingerprint density at radius 3 is 2.47 bits per heavy atom. The Balaban J connectivity index is 1.37. The molecule has 0 atom stereocenters. The summed E-state index contributed by atoms with van der Waals surface area (Å²) in [5.41, 5.74) is 0. The van der Waals surface area contributed by atoms with Crippen LogP contribution < -0.4 is 10.2 Å². The van der Waals surface area contributed by atoms with E-state index in [1.807, 2.05) is 30.8 Å². The van der Waals surface area contributed by atoms with E-state index in [9.17, 15) is 0 Å². The molecule has 1 aromatic heterocycles. The monoisotopic (exact) mass is 298 g/mol. The van der Waals surface area contributed by atoms with Crippen LogP contribution in [0.3, 0.4) is 0 Å². The minimum atomic E-state index is 0.812. The molecule has 106 valence electrons. The van der Waals surface area contributed by atoms with Crippen LogP contribution in [0.4, 0.5) is 5.13 Å². The Hall–Kier alpha value is -0.330. The fourth-order valence-electron chi connectivity index (χ4n) is 2.43. The van der Waals surface area contributed by atoms with Gasteiger partial charge in [-0.05, 0) is 37.5 Å². The van der Waals surface area contributed by atoms with E-state index in [1.165, 1.54) is 25.7 Å². The molecule has 0 spiro atoms. The second-order valence-corrected chi connectivity index (χ2v) is 8.05. The maximum absolute atomic E-state index is 4.21. The van der Waals surface area contributed by atoms with E-state index in [0.717, 1.165) is 39.6 Å². The zero-order valence-corrected chi connectivity index (χ0v) is 13.3. The van der Waals surface area contributed by atoms with Gasteiger partial charge < -0.3 is 10.2 Å². The fourth-order valence-corrected chi connectivity index (χ4v) is 4.14. The first kappa shape index (κ1) is 13.6. The molecule has 0 saturated heterocycles. The smallest absolute Gasteiger partial charge is 0.208 e. The van der Waals surface area contributed by atoms with Crippen LogP contribution in [0, 0.1) is 11.8 Å². The normalized spacial score (nSPS) is 19.1. The molecule has 0 aliphatic heterocycles. The lowest BCUT2D eigenvalue weighted by molar-refractivity contribution is 0.429. The molecule has 19 heavy (non-hydrogen) atoms. The molecule has 0 radical (unpaired) electrons. The van der Waals surface area contributed by atoms with Gasteiger partial charge in [0.1, 0.15) is 0 Å². The highest BCUT2D eigenvalue weighted by Crippen LogP contribution is 2.44. The lowest BCUT2D eigenvalue weighted by Crippen LogP contribution is -2.34. The van der Waals surface area contributed by atoms with Crippen LogP contribution in [0.15, 0.2) is 4.34 Å². The first-order chi connectivity index (χ1) is 9.24. The third kappa shape index (κ3) is 3.83. The summed E-state index contributed by atoms with van der Waals surface area (Å²) >= 11 is 3.50. The lowest BCUT2D eigenvalue weighted by Gasteiger charge is -2.16. The van der Waals surface area contributed by atoms with E-state index in [2.05, 4.69) is 15.5 Å². The van der Waals surface area contributed by atoms with E-state index in [4.69, 9.17) is 0 Å². The second kappa shape index (κ2) is 5.97. The topological polar surface area (TPSA) is 41.1 Å². The summed E-state index contributed by atoms with van der Waals surface area (Å²) in [6.45, 7) is 1.10. The number of nitrogens with one attached hydrogen (secondary N) is 1. The lowest BCUT2D eigenvalue weighted by atomic mass is 10.1. The minimum Gasteiger partial charge on any atom is -0.353 e. The number of nitrogens with zero attached hydrogens (tertiary/aromatic N) is 3. The van der Waals surface area contributed by atoms with Gasteiger partial charge in [0.15, 0.2) is 4.34 Å². The van der Waals surface area contributed by atoms with Crippen LogP contribution >= 0.6 is 23.1 Å². The van der Waals surface area contributed by atoms with Crippen molar-refractivity contribution in [3.63, 3.8) is 0 Å². The van der Waals surface area contributed by atoms with Crippen molar-refractivity contribution in [3.8, 4) is 0 Å². The molecule has 1 heterocycles. The van der Waals surface area contributed by atoms with Gasteiger partial charge >= 0.3 is 0 Å². The van der Waals surface area contributed by atoms with E-state index >= 15 is 0 Å². The van der Waals surface area contributed by atoms with Gasteiger partial charge in [-0.15, -0.1) is 10.2 Å². The van der Waals surface area contributed by atoms with Crippen molar-refractivity contribution < 1.29 is 0 Å². The van der Waals surface area contributed by atoms with Gasteiger partial charge in [0, 0.05) is 32.4 Å². The molecule has 1 aromatic rings. The van der Waals surface area contributed by atoms with Gasteiger partial charge in [-0.2, -0.15) is 0 Å². The molecule has 6 heteroatoms. The summed E-state index contributed by atoms with van der Waals surface area (Å²) in [5, 5.41) is 13.1. The molecule has 2 aliphatic rings. The Kier molecular flexibility index (Phi) is 4.29. The van der Waals surface area contributed by atoms with Crippen molar-refractivity contribution in [3.05, 3.63) is 0 Å². The van der Waals surface area contributed by atoms with E-state index in [-0.39, 0.29) is 0 Å². The number of anilines is 1. The summed E-state index contributed by atoms with van der Waals surface area (Å²) in [5.74, 6) is 3.07. The highest BCUT2D eigenvalue weighted by molar-refractivity contribution is 8.01. The molecule has 4 nitrogen and oxygen atoms in total. The van der Waals surface area contributed by atoms with Gasteiger partial charge in [0.25, 0.3) is 0 Å². The average molecular weight is 298 g/mol. The van der Waals surface area contributed by atoms with Crippen molar-refractivity contribution in [2.45, 2.75) is 36.1 Å². The maximum Gasteiger partial charge on any atom is 0.208 e. The van der Waals surface area contributed by atoms with Gasteiger partial charge in [0.2, 0.25) is 5.13 Å². The third-order valence-corrected chi connectivity index (χ3v) is 5.97. The summed E-state index contributed by atoms with van der Waals surface area (Å²) < 4.78 is 1.08. The predicted molar refractivity (Wildman–Crippen MR) is 82.2 cm³/mol. The summed E-state index contributed by atoms with van der Waals surface area (Å²) in [7, 11) is 4.01. The van der Waals surface area contributed by atoms with Crippen LogP contribution in [-0.4, -0.2) is 42.6 Å². The molecular formula is C13H22N4S2. The van der Waals surface area contributed by atoms with Crippen molar-refractivity contribution in [2.24, 2.45) is 11.8 Å². The molecular weight excluding hydrogens is 276 g/mol. The Bertz CT molecular complexity index is 401. The number of thioether (sulfide) groups is 1. The van der Waals surface area contributed by atoms with Crippen molar-refractivity contribution in [1.29, 1.82) is 0 Å². The Morgan fingerprint density at radius 2 is 1.95 bits per heavy atom. The van der Waals surface area contributed by atoms with Crippen molar-refractivity contribution in [1.82, 2.24) is 15.5 Å². The average Bonchev–Trinajstić information content (AvgIpc) is 3.29. The zero-order valence-electron chi connectivity index (χ0n) is 11.6. The molecule has 0 aromatic carbocycles. The van der Waals surface area contributed by atoms with Crippen LogP contribution in [-0.2, 0) is 0 Å². The Morgan fingerprint density at radius 1 is 1.26 bits per heavy atom. The first-order valence-corrected chi connectivity index (χ1v) is 8.91. The van der Waals surface area contributed by atoms with E-state index in [0.29, 0.717) is 0 Å². The molecule has 2 saturated carbocycles. The molecule has 0 amide bonds. The molecule has 1 N–H and O–H groups in total. The van der Waals surface area contributed by atoms with E-state index in [1.54, 1.807) is 11.3 Å². The highest BCUT2D eigenvalue weighted by atomic mass is 32.2. The van der Waals surface area contributed by atoms with Gasteiger partial charge in [0.05, 0.1) is 0 Å². The largest absolute Gasteiger partial charge is 0.353 e. The van der Waals surface area contributed by atoms with Gasteiger partial charge in [-0.25, -0.2) is 0 Å². The Labute approximate surface area is 123 Å². The fraction of sp³-hybridized carbons (Fsp3) is 0.846. The first-order valence-electron chi connectivity index (χ1n) is 7.11. The minimum absolute atomic E-state index is 0.812. The summed E-state index contributed by atoms with van der Waals surface area (Å²) in [4.78, 5) is 2.01. The zero-order chi connectivity index (χ0) is 13.2. The summed E-state index contributed by atoms with van der Waals surface area (Å²) in [6, 6.07) is 0.812. The highest BCUT2D eigenvalue weighted by Gasteiger charge is 2.40. The maximum atomic E-state index is 4.21. The second-order valence-electron chi connectivity index (χ2n) is 5.75.